The Labute approximate surface area is 174 Å². The Balaban J connectivity index is 1.63. The Morgan fingerprint density at radius 3 is 2.46 bits per heavy atom. The smallest absolute Gasteiger partial charge is 0.223 e. The molecule has 0 aliphatic heterocycles. The normalized spacial score (nSPS) is 11.6. The highest BCUT2D eigenvalue weighted by molar-refractivity contribution is 9.10. The van der Waals surface area contributed by atoms with Crippen LogP contribution in [0.2, 0.25) is 0 Å². The van der Waals surface area contributed by atoms with Crippen LogP contribution in [0.3, 0.4) is 0 Å². The summed E-state index contributed by atoms with van der Waals surface area (Å²) in [6.07, 6.45) is 2.82. The van der Waals surface area contributed by atoms with Gasteiger partial charge in [0.25, 0.3) is 0 Å². The van der Waals surface area contributed by atoms with Crippen molar-refractivity contribution in [2.24, 2.45) is 0 Å². The van der Waals surface area contributed by atoms with E-state index in [1.165, 1.54) is 0 Å². The zero-order valence-corrected chi connectivity index (χ0v) is 17.4. The van der Waals surface area contributed by atoms with Gasteiger partial charge in [-0.1, -0.05) is 48.5 Å². The maximum atomic E-state index is 12.8. The third kappa shape index (κ3) is 5.20. The number of hydrogen-bond acceptors (Lipinski definition) is 3. The molecular weight excluding hydrogens is 416 g/mol. The molecule has 4 nitrogen and oxygen atoms in total. The predicted octanol–water partition coefficient (Wildman–Crippen LogP) is 5.25. The zero-order valence-electron chi connectivity index (χ0n) is 15.8. The number of benzene rings is 2. The second kappa shape index (κ2) is 10.0. The highest BCUT2D eigenvalue weighted by Crippen LogP contribution is 2.27. The third-order valence-corrected chi connectivity index (χ3v) is 5.15. The Morgan fingerprint density at radius 2 is 1.75 bits per heavy atom. The quantitative estimate of drug-likeness (QED) is 0.450. The van der Waals surface area contributed by atoms with E-state index in [-0.39, 0.29) is 11.9 Å². The molecule has 1 heterocycles. The number of halogens is 1. The van der Waals surface area contributed by atoms with Gasteiger partial charge >= 0.3 is 0 Å². The lowest BCUT2D eigenvalue weighted by Gasteiger charge is -2.28. The number of amides is 1. The van der Waals surface area contributed by atoms with E-state index in [9.17, 15) is 4.79 Å². The van der Waals surface area contributed by atoms with Gasteiger partial charge in [0.2, 0.25) is 5.91 Å². The largest absolute Gasteiger partial charge is 0.492 e. The molecule has 2 aromatic carbocycles. The van der Waals surface area contributed by atoms with E-state index in [1.807, 2.05) is 79.8 Å². The first-order valence-electron chi connectivity index (χ1n) is 9.25. The maximum absolute atomic E-state index is 12.8. The molecule has 3 rings (SSSR count). The SMILES string of the molecule is CN(C(=O)CCCOc1ccccc1Br)C(c1ccccc1)c1ccccn1. The Morgan fingerprint density at radius 1 is 1.04 bits per heavy atom. The average molecular weight is 439 g/mol. The van der Waals surface area contributed by atoms with Gasteiger partial charge in [-0.2, -0.15) is 0 Å². The Bertz CT molecular complexity index is 848. The van der Waals surface area contributed by atoms with Crippen molar-refractivity contribution < 1.29 is 9.53 Å². The summed E-state index contributed by atoms with van der Waals surface area (Å²) in [6, 6.07) is 23.3. The first kappa shape index (κ1) is 20.1. The van der Waals surface area contributed by atoms with E-state index in [0.29, 0.717) is 19.4 Å². The summed E-state index contributed by atoms with van der Waals surface area (Å²) in [5.41, 5.74) is 1.90. The van der Waals surface area contributed by atoms with Gasteiger partial charge < -0.3 is 9.64 Å². The van der Waals surface area contributed by atoms with Crippen molar-refractivity contribution in [3.05, 3.63) is 94.7 Å². The number of nitrogens with zero attached hydrogens (tertiary/aromatic N) is 2. The Hall–Kier alpha value is -2.66. The molecule has 144 valence electrons. The fraction of sp³-hybridized carbons (Fsp3) is 0.217. The van der Waals surface area contributed by atoms with Crippen molar-refractivity contribution in [3.8, 4) is 5.75 Å². The van der Waals surface area contributed by atoms with Crippen molar-refractivity contribution in [1.82, 2.24) is 9.88 Å². The van der Waals surface area contributed by atoms with Crippen LogP contribution in [-0.4, -0.2) is 29.4 Å². The minimum atomic E-state index is -0.209. The molecule has 0 saturated heterocycles. The predicted molar refractivity (Wildman–Crippen MR) is 114 cm³/mol. The van der Waals surface area contributed by atoms with Crippen molar-refractivity contribution in [2.45, 2.75) is 18.9 Å². The molecule has 0 fully saturated rings. The number of para-hydroxylation sites is 1. The van der Waals surface area contributed by atoms with Gasteiger partial charge in [-0.15, -0.1) is 0 Å². The van der Waals surface area contributed by atoms with Gasteiger partial charge in [-0.05, 0) is 52.2 Å². The summed E-state index contributed by atoms with van der Waals surface area (Å²) in [7, 11) is 1.84. The van der Waals surface area contributed by atoms with Gasteiger partial charge in [0, 0.05) is 19.7 Å². The molecule has 1 amide bonds. The lowest BCUT2D eigenvalue weighted by molar-refractivity contribution is -0.131. The fourth-order valence-electron chi connectivity index (χ4n) is 3.05. The summed E-state index contributed by atoms with van der Waals surface area (Å²) in [5, 5.41) is 0. The molecule has 0 saturated carbocycles. The zero-order chi connectivity index (χ0) is 19.8. The maximum Gasteiger partial charge on any atom is 0.223 e. The number of ether oxygens (including phenoxy) is 1. The molecule has 0 bridgehead atoms. The molecule has 5 heteroatoms. The van der Waals surface area contributed by atoms with E-state index < -0.39 is 0 Å². The minimum absolute atomic E-state index is 0.0650. The number of carbonyl (C=O) groups is 1. The van der Waals surface area contributed by atoms with E-state index in [0.717, 1.165) is 21.5 Å². The molecule has 0 spiro atoms. The second-order valence-electron chi connectivity index (χ2n) is 6.45. The van der Waals surface area contributed by atoms with Crippen LogP contribution in [0.5, 0.6) is 5.75 Å². The highest BCUT2D eigenvalue weighted by Gasteiger charge is 2.24. The van der Waals surface area contributed by atoms with Crippen LogP contribution in [0.25, 0.3) is 0 Å². The molecule has 28 heavy (non-hydrogen) atoms. The van der Waals surface area contributed by atoms with E-state index >= 15 is 0 Å². The van der Waals surface area contributed by atoms with Crippen LogP contribution in [0.4, 0.5) is 0 Å². The van der Waals surface area contributed by atoms with Crippen molar-refractivity contribution >= 4 is 21.8 Å². The first-order chi connectivity index (χ1) is 13.7. The van der Waals surface area contributed by atoms with Crippen molar-refractivity contribution in [3.63, 3.8) is 0 Å². The molecule has 0 radical (unpaired) electrons. The molecule has 1 aromatic heterocycles. The number of hydrogen-bond donors (Lipinski definition) is 0. The number of rotatable bonds is 8. The van der Waals surface area contributed by atoms with Crippen LogP contribution < -0.4 is 4.74 Å². The standard InChI is InChI=1S/C23H23BrN2O2/c1-26(22(27)15-9-17-28-21-14-6-5-12-19(21)24)23(18-10-3-2-4-11-18)20-13-7-8-16-25-20/h2-8,10-14,16,23H,9,15,17H2,1H3. The van der Waals surface area contributed by atoms with Crippen LogP contribution in [0.15, 0.2) is 83.5 Å². The molecular formula is C23H23BrN2O2. The summed E-state index contributed by atoms with van der Waals surface area (Å²) >= 11 is 3.46. The third-order valence-electron chi connectivity index (χ3n) is 4.49. The lowest BCUT2D eigenvalue weighted by atomic mass is 10.0. The van der Waals surface area contributed by atoms with Crippen molar-refractivity contribution in [2.75, 3.05) is 13.7 Å². The van der Waals surface area contributed by atoms with Gasteiger partial charge in [-0.25, -0.2) is 0 Å². The molecule has 3 aromatic rings. The van der Waals surface area contributed by atoms with Gasteiger partial charge in [0.1, 0.15) is 5.75 Å². The van der Waals surface area contributed by atoms with Crippen LogP contribution >= 0.6 is 15.9 Å². The van der Waals surface area contributed by atoms with E-state index in [1.54, 1.807) is 11.1 Å². The average Bonchev–Trinajstić information content (AvgIpc) is 2.74. The topological polar surface area (TPSA) is 42.4 Å². The van der Waals surface area contributed by atoms with Crippen LogP contribution in [-0.2, 0) is 4.79 Å². The van der Waals surface area contributed by atoms with Gasteiger partial charge in [0.05, 0.1) is 22.8 Å². The molecule has 0 aliphatic carbocycles. The summed E-state index contributed by atoms with van der Waals surface area (Å²) < 4.78 is 6.68. The monoisotopic (exact) mass is 438 g/mol. The summed E-state index contributed by atoms with van der Waals surface area (Å²) in [5.74, 6) is 0.856. The molecule has 0 aliphatic rings. The molecule has 1 unspecified atom stereocenters. The molecule has 0 N–H and O–H groups in total. The van der Waals surface area contributed by atoms with E-state index in [4.69, 9.17) is 4.74 Å². The van der Waals surface area contributed by atoms with Crippen molar-refractivity contribution in [1.29, 1.82) is 0 Å². The highest BCUT2D eigenvalue weighted by atomic mass is 79.9. The fourth-order valence-corrected chi connectivity index (χ4v) is 3.45. The van der Waals surface area contributed by atoms with Crippen LogP contribution in [0, 0.1) is 0 Å². The minimum Gasteiger partial charge on any atom is -0.492 e. The van der Waals surface area contributed by atoms with Crippen LogP contribution in [0.1, 0.15) is 30.1 Å². The first-order valence-corrected chi connectivity index (χ1v) is 10.0. The Kier molecular flexibility index (Phi) is 7.20. The van der Waals surface area contributed by atoms with Gasteiger partial charge in [-0.3, -0.25) is 9.78 Å². The second-order valence-corrected chi connectivity index (χ2v) is 7.31. The van der Waals surface area contributed by atoms with E-state index in [2.05, 4.69) is 20.9 Å². The number of carbonyl (C=O) groups excluding carboxylic acids is 1. The summed E-state index contributed by atoms with van der Waals surface area (Å²) in [4.78, 5) is 19.1. The number of aromatic nitrogens is 1. The summed E-state index contributed by atoms with van der Waals surface area (Å²) in [6.45, 7) is 0.488. The number of pyridine rings is 1. The van der Waals surface area contributed by atoms with Gasteiger partial charge in [0.15, 0.2) is 0 Å². The lowest BCUT2D eigenvalue weighted by Crippen LogP contribution is -2.32. The molecule has 1 atom stereocenters.